The molecule has 7 heteroatoms. The van der Waals surface area contributed by atoms with E-state index in [1.165, 1.54) is 0 Å². The number of nitrogens with zero attached hydrogens (tertiary/aromatic N) is 1. The van der Waals surface area contributed by atoms with Crippen LogP contribution >= 0.6 is 27.5 Å². The number of amides is 1. The normalized spacial score (nSPS) is 17.6. The van der Waals surface area contributed by atoms with Crippen LogP contribution in [0, 0.1) is 0 Å². The van der Waals surface area contributed by atoms with E-state index in [1.807, 2.05) is 54.7 Å². The van der Waals surface area contributed by atoms with Crippen molar-refractivity contribution in [2.75, 3.05) is 6.54 Å². The minimum atomic E-state index is -0.710. The monoisotopic (exact) mass is 534 g/mol. The molecule has 1 fully saturated rings. The quantitative estimate of drug-likeness (QED) is 0.180. The molecule has 0 radical (unpaired) electrons. The van der Waals surface area contributed by atoms with Crippen molar-refractivity contribution in [2.24, 2.45) is 0 Å². The number of benzene rings is 3. The second kappa shape index (κ2) is 9.12. The Balaban J connectivity index is 1.57. The molecule has 1 saturated heterocycles. The molecule has 170 valence electrons. The van der Waals surface area contributed by atoms with Gasteiger partial charge in [-0.05, 0) is 60.0 Å². The van der Waals surface area contributed by atoms with Gasteiger partial charge in [0.05, 0.1) is 11.6 Å². The van der Waals surface area contributed by atoms with Crippen LogP contribution in [0.15, 0.2) is 89.0 Å². The Kier molecular flexibility index (Phi) is 6.02. The fourth-order valence-corrected chi connectivity index (χ4v) is 5.02. The van der Waals surface area contributed by atoms with E-state index in [9.17, 15) is 14.7 Å². The van der Waals surface area contributed by atoms with Crippen LogP contribution in [-0.2, 0) is 16.0 Å². The molecular weight excluding hydrogens is 516 g/mol. The van der Waals surface area contributed by atoms with Crippen molar-refractivity contribution in [2.45, 2.75) is 12.5 Å². The van der Waals surface area contributed by atoms with Crippen molar-refractivity contribution >= 4 is 55.9 Å². The molecular formula is C27H20BrClN2O3. The highest BCUT2D eigenvalue weighted by Crippen LogP contribution is 2.40. The van der Waals surface area contributed by atoms with Gasteiger partial charge in [0.2, 0.25) is 0 Å². The number of aliphatic hydroxyl groups excluding tert-OH is 1. The van der Waals surface area contributed by atoms with E-state index in [2.05, 4.69) is 20.9 Å². The van der Waals surface area contributed by atoms with E-state index in [0.29, 0.717) is 23.6 Å². The van der Waals surface area contributed by atoms with E-state index >= 15 is 0 Å². The number of carbonyl (C=O) groups excluding carboxylic acids is 2. The molecule has 0 spiro atoms. The molecule has 0 saturated carbocycles. The van der Waals surface area contributed by atoms with Crippen molar-refractivity contribution in [3.63, 3.8) is 0 Å². The summed E-state index contributed by atoms with van der Waals surface area (Å²) in [5.41, 5.74) is 3.32. The first-order valence-corrected chi connectivity index (χ1v) is 12.0. The molecule has 5 nitrogen and oxygen atoms in total. The first-order valence-electron chi connectivity index (χ1n) is 10.8. The van der Waals surface area contributed by atoms with Crippen molar-refractivity contribution < 1.29 is 14.7 Å². The average molecular weight is 536 g/mol. The number of likely N-dealkylation sites (tertiary alicyclic amines) is 1. The fraction of sp³-hybridized carbons (Fsp3) is 0.111. The number of H-pyrrole nitrogens is 1. The van der Waals surface area contributed by atoms with Gasteiger partial charge in [-0.1, -0.05) is 57.9 Å². The standard InChI is InChI=1S/C27H20BrClN2O3/c28-19-5-3-4-17(14-19)24-23(25(32)16-8-10-20(29)11-9-16)26(33)27(34)31(24)13-12-18-15-30-22-7-2-1-6-21(18)22/h1-11,14-15,24,30,32H,12-13H2/t24-/m0/s1. The lowest BCUT2D eigenvalue weighted by molar-refractivity contribution is -0.139. The van der Waals surface area contributed by atoms with Crippen LogP contribution in [0.4, 0.5) is 0 Å². The number of halogens is 2. The predicted octanol–water partition coefficient (Wildman–Crippen LogP) is 6.25. The number of aromatic nitrogens is 1. The molecule has 0 aliphatic carbocycles. The molecule has 1 aliphatic heterocycles. The molecule has 1 amide bonds. The smallest absolute Gasteiger partial charge is 0.295 e. The maximum absolute atomic E-state index is 13.2. The summed E-state index contributed by atoms with van der Waals surface area (Å²) >= 11 is 9.47. The molecule has 2 N–H and O–H groups in total. The van der Waals surface area contributed by atoms with Gasteiger partial charge < -0.3 is 15.0 Å². The molecule has 1 atom stereocenters. The third-order valence-corrected chi connectivity index (χ3v) is 6.86. The maximum atomic E-state index is 13.2. The summed E-state index contributed by atoms with van der Waals surface area (Å²) in [5, 5.41) is 12.7. The topological polar surface area (TPSA) is 73.4 Å². The van der Waals surface area contributed by atoms with Gasteiger partial charge in [0.25, 0.3) is 11.7 Å². The maximum Gasteiger partial charge on any atom is 0.295 e. The molecule has 4 aromatic rings. The highest BCUT2D eigenvalue weighted by atomic mass is 79.9. The number of ketones is 1. The van der Waals surface area contributed by atoms with E-state index in [4.69, 9.17) is 11.6 Å². The van der Waals surface area contributed by atoms with Crippen LogP contribution in [0.25, 0.3) is 16.7 Å². The summed E-state index contributed by atoms with van der Waals surface area (Å²) in [6.45, 7) is 0.320. The third-order valence-electron chi connectivity index (χ3n) is 6.12. The van der Waals surface area contributed by atoms with Crippen molar-refractivity contribution in [3.05, 3.63) is 111 Å². The van der Waals surface area contributed by atoms with Crippen molar-refractivity contribution in [1.82, 2.24) is 9.88 Å². The minimum Gasteiger partial charge on any atom is -0.507 e. The van der Waals surface area contributed by atoms with E-state index in [0.717, 1.165) is 26.5 Å². The van der Waals surface area contributed by atoms with Gasteiger partial charge in [-0.15, -0.1) is 0 Å². The second-order valence-corrected chi connectivity index (χ2v) is 9.52. The highest BCUT2D eigenvalue weighted by molar-refractivity contribution is 9.10. The van der Waals surface area contributed by atoms with Gasteiger partial charge in [0, 0.05) is 38.7 Å². The number of para-hydroxylation sites is 1. The van der Waals surface area contributed by atoms with Crippen LogP contribution in [0.2, 0.25) is 5.02 Å². The summed E-state index contributed by atoms with van der Waals surface area (Å²) in [7, 11) is 0. The zero-order chi connectivity index (χ0) is 23.8. The second-order valence-electron chi connectivity index (χ2n) is 8.16. The number of hydrogen-bond acceptors (Lipinski definition) is 3. The number of aromatic amines is 1. The first-order chi connectivity index (χ1) is 16.4. The lowest BCUT2D eigenvalue weighted by Crippen LogP contribution is -2.31. The Morgan fingerprint density at radius 2 is 1.79 bits per heavy atom. The fourth-order valence-electron chi connectivity index (χ4n) is 4.48. The average Bonchev–Trinajstić information content (AvgIpc) is 3.36. The van der Waals surface area contributed by atoms with E-state index in [1.54, 1.807) is 29.2 Å². The van der Waals surface area contributed by atoms with Gasteiger partial charge in [-0.3, -0.25) is 9.59 Å². The van der Waals surface area contributed by atoms with Crippen LogP contribution in [0.1, 0.15) is 22.7 Å². The highest BCUT2D eigenvalue weighted by Gasteiger charge is 2.45. The van der Waals surface area contributed by atoms with Gasteiger partial charge in [-0.2, -0.15) is 0 Å². The number of Topliss-reactive ketones (excluding diaryl/α,β-unsaturated/α-hetero) is 1. The summed E-state index contributed by atoms with van der Waals surface area (Å²) < 4.78 is 0.818. The molecule has 34 heavy (non-hydrogen) atoms. The van der Waals surface area contributed by atoms with Crippen LogP contribution in [0.3, 0.4) is 0 Å². The summed E-state index contributed by atoms with van der Waals surface area (Å²) in [6, 6.07) is 21.2. The lowest BCUT2D eigenvalue weighted by atomic mass is 9.95. The Bertz CT molecular complexity index is 1440. The van der Waals surface area contributed by atoms with Gasteiger partial charge in [0.1, 0.15) is 5.76 Å². The molecule has 2 heterocycles. The number of aliphatic hydroxyl groups is 1. The van der Waals surface area contributed by atoms with Gasteiger partial charge in [0.15, 0.2) is 0 Å². The largest absolute Gasteiger partial charge is 0.507 e. The summed E-state index contributed by atoms with van der Waals surface area (Å²) in [6.07, 6.45) is 2.49. The lowest BCUT2D eigenvalue weighted by Gasteiger charge is -2.25. The summed E-state index contributed by atoms with van der Waals surface area (Å²) in [4.78, 5) is 31.2. The first kappa shape index (κ1) is 22.4. The van der Waals surface area contributed by atoms with Crippen LogP contribution in [-0.4, -0.2) is 33.2 Å². The molecule has 0 bridgehead atoms. The predicted molar refractivity (Wildman–Crippen MR) is 137 cm³/mol. The van der Waals surface area contributed by atoms with E-state index in [-0.39, 0.29) is 11.3 Å². The minimum absolute atomic E-state index is 0.0735. The summed E-state index contributed by atoms with van der Waals surface area (Å²) in [5.74, 6) is -1.54. The number of hydrogen-bond donors (Lipinski definition) is 2. The Morgan fingerprint density at radius 3 is 2.56 bits per heavy atom. The van der Waals surface area contributed by atoms with Crippen LogP contribution in [0.5, 0.6) is 0 Å². The molecule has 3 aromatic carbocycles. The number of carbonyl (C=O) groups is 2. The Morgan fingerprint density at radius 1 is 1.03 bits per heavy atom. The molecule has 1 aliphatic rings. The zero-order valence-electron chi connectivity index (χ0n) is 18.0. The van der Waals surface area contributed by atoms with Crippen molar-refractivity contribution in [3.8, 4) is 0 Å². The SMILES string of the molecule is O=C1C(=O)N(CCc2c[nH]c3ccccc23)[C@@H](c2cccc(Br)c2)C1=C(O)c1ccc(Cl)cc1. The van der Waals surface area contributed by atoms with Gasteiger partial charge >= 0.3 is 0 Å². The third kappa shape index (κ3) is 4.04. The van der Waals surface area contributed by atoms with Crippen LogP contribution < -0.4 is 0 Å². The number of fused-ring (bicyclic) bond motifs is 1. The van der Waals surface area contributed by atoms with Gasteiger partial charge in [-0.25, -0.2) is 0 Å². The van der Waals surface area contributed by atoms with E-state index < -0.39 is 17.7 Å². The molecule has 5 rings (SSSR count). The molecule has 0 unspecified atom stereocenters. The Labute approximate surface area is 209 Å². The zero-order valence-corrected chi connectivity index (χ0v) is 20.3. The number of nitrogens with one attached hydrogen (secondary N) is 1. The molecule has 1 aromatic heterocycles. The Hall–Kier alpha value is -3.35. The number of rotatable bonds is 5. The van der Waals surface area contributed by atoms with Crippen molar-refractivity contribution in [1.29, 1.82) is 0 Å².